The summed E-state index contributed by atoms with van der Waals surface area (Å²) in [4.78, 5) is 25.2. The summed E-state index contributed by atoms with van der Waals surface area (Å²) in [6.07, 6.45) is 2.67. The van der Waals surface area contributed by atoms with E-state index in [1.165, 1.54) is 22.5 Å². The van der Waals surface area contributed by atoms with Crippen LogP contribution in [0.3, 0.4) is 0 Å². The quantitative estimate of drug-likeness (QED) is 0.400. The largest absolute Gasteiger partial charge is 0.489 e. The van der Waals surface area contributed by atoms with Gasteiger partial charge in [0.2, 0.25) is 10.0 Å². The number of sulfonamides is 1. The van der Waals surface area contributed by atoms with Crippen molar-refractivity contribution in [3.63, 3.8) is 0 Å². The van der Waals surface area contributed by atoms with Crippen molar-refractivity contribution in [2.75, 3.05) is 25.0 Å². The van der Waals surface area contributed by atoms with Crippen molar-refractivity contribution < 1.29 is 32.0 Å². The lowest BCUT2D eigenvalue weighted by molar-refractivity contribution is -0.119. The molecule has 202 valence electrons. The molecule has 4 rings (SSSR count). The third-order valence-electron chi connectivity index (χ3n) is 6.40. The highest BCUT2D eigenvalue weighted by Crippen LogP contribution is 2.25. The molecular formula is C27H31N3O7S. The van der Waals surface area contributed by atoms with E-state index in [1.807, 2.05) is 6.92 Å². The van der Waals surface area contributed by atoms with Gasteiger partial charge in [0, 0.05) is 18.8 Å². The fourth-order valence-corrected chi connectivity index (χ4v) is 5.67. The summed E-state index contributed by atoms with van der Waals surface area (Å²) >= 11 is 0. The van der Waals surface area contributed by atoms with E-state index in [1.54, 1.807) is 38.1 Å². The predicted molar refractivity (Wildman–Crippen MR) is 139 cm³/mol. The van der Waals surface area contributed by atoms with E-state index in [0.717, 1.165) is 30.5 Å². The van der Waals surface area contributed by atoms with Crippen molar-refractivity contribution in [1.82, 2.24) is 9.46 Å². The average Bonchev–Trinajstić information content (AvgIpc) is 3.24. The second-order valence-corrected chi connectivity index (χ2v) is 11.1. The number of nitrogens with one attached hydrogen (secondary N) is 1. The lowest BCUT2D eigenvalue weighted by Gasteiger charge is -2.26. The van der Waals surface area contributed by atoms with Crippen LogP contribution in [0.5, 0.6) is 5.75 Å². The zero-order valence-electron chi connectivity index (χ0n) is 21.7. The van der Waals surface area contributed by atoms with Crippen LogP contribution in [0.25, 0.3) is 0 Å². The molecule has 0 atom stereocenters. The minimum Gasteiger partial charge on any atom is -0.489 e. The number of hydrogen-bond acceptors (Lipinski definition) is 8. The molecule has 10 nitrogen and oxygen atoms in total. The lowest BCUT2D eigenvalue weighted by atomic mass is 10.2. The summed E-state index contributed by atoms with van der Waals surface area (Å²) in [6.45, 7) is 6.04. The molecular weight excluding hydrogens is 510 g/mol. The number of aryl methyl sites for hydroxylation is 3. The topological polar surface area (TPSA) is 128 Å². The van der Waals surface area contributed by atoms with Gasteiger partial charge in [-0.2, -0.15) is 4.31 Å². The highest BCUT2D eigenvalue weighted by Gasteiger charge is 2.26. The zero-order valence-corrected chi connectivity index (χ0v) is 22.5. The maximum absolute atomic E-state index is 13.0. The first-order valence-corrected chi connectivity index (χ1v) is 13.8. The van der Waals surface area contributed by atoms with Crippen LogP contribution in [0.15, 0.2) is 51.9 Å². The second-order valence-electron chi connectivity index (χ2n) is 9.19. The first-order chi connectivity index (χ1) is 18.1. The van der Waals surface area contributed by atoms with E-state index in [0.29, 0.717) is 35.9 Å². The zero-order chi connectivity index (χ0) is 27.3. The van der Waals surface area contributed by atoms with E-state index in [4.69, 9.17) is 14.0 Å². The normalized spacial score (nSPS) is 14.2. The number of carbonyl (C=O) groups is 2. The number of ether oxygens (including phenoxy) is 2. The van der Waals surface area contributed by atoms with Crippen molar-refractivity contribution >= 4 is 27.6 Å². The fraction of sp³-hybridized carbons (Fsp3) is 0.370. The SMILES string of the molecule is Cc1ccc(S(=O)(=O)N2CCCCC2)cc1NC(=O)COC(=O)c1cccc(OCc2c(C)noc2C)c1. The summed E-state index contributed by atoms with van der Waals surface area (Å²) in [5.74, 6) is -0.166. The maximum atomic E-state index is 13.0. The van der Waals surface area contributed by atoms with E-state index < -0.39 is 28.5 Å². The van der Waals surface area contributed by atoms with Gasteiger partial charge in [-0.25, -0.2) is 13.2 Å². The van der Waals surface area contributed by atoms with Gasteiger partial charge in [0.05, 0.1) is 21.7 Å². The third-order valence-corrected chi connectivity index (χ3v) is 8.30. The molecule has 0 unspecified atom stereocenters. The van der Waals surface area contributed by atoms with Gasteiger partial charge in [0.1, 0.15) is 18.1 Å². The molecule has 3 aromatic rings. The van der Waals surface area contributed by atoms with Gasteiger partial charge in [-0.05, 0) is 69.5 Å². The number of amides is 1. The number of hydrogen-bond donors (Lipinski definition) is 1. The Hall–Kier alpha value is -3.70. The van der Waals surface area contributed by atoms with Gasteiger partial charge in [-0.15, -0.1) is 0 Å². The Morgan fingerprint density at radius 1 is 1.05 bits per heavy atom. The van der Waals surface area contributed by atoms with Crippen molar-refractivity contribution in [3.05, 3.63) is 70.6 Å². The number of carbonyl (C=O) groups excluding carboxylic acids is 2. The maximum Gasteiger partial charge on any atom is 0.338 e. The highest BCUT2D eigenvalue weighted by molar-refractivity contribution is 7.89. The molecule has 0 bridgehead atoms. The molecule has 38 heavy (non-hydrogen) atoms. The van der Waals surface area contributed by atoms with Crippen molar-refractivity contribution in [1.29, 1.82) is 0 Å². The second kappa shape index (κ2) is 11.8. The summed E-state index contributed by atoms with van der Waals surface area (Å²) in [7, 11) is -3.65. The predicted octanol–water partition coefficient (Wildman–Crippen LogP) is 4.15. The summed E-state index contributed by atoms with van der Waals surface area (Å²) in [6, 6.07) is 11.1. The first kappa shape index (κ1) is 27.3. The number of benzene rings is 2. The Bertz CT molecular complexity index is 1410. The average molecular weight is 542 g/mol. The van der Waals surface area contributed by atoms with Gasteiger partial charge < -0.3 is 19.3 Å². The van der Waals surface area contributed by atoms with Gasteiger partial charge in [0.15, 0.2) is 6.61 Å². The van der Waals surface area contributed by atoms with Crippen LogP contribution >= 0.6 is 0 Å². The van der Waals surface area contributed by atoms with Crippen LogP contribution in [-0.2, 0) is 26.2 Å². The van der Waals surface area contributed by atoms with Gasteiger partial charge >= 0.3 is 5.97 Å². The minimum absolute atomic E-state index is 0.116. The third kappa shape index (κ3) is 6.40. The Labute approximate surface area is 222 Å². The smallest absolute Gasteiger partial charge is 0.338 e. The Morgan fingerprint density at radius 2 is 1.82 bits per heavy atom. The molecule has 11 heteroatoms. The molecule has 2 heterocycles. The van der Waals surface area contributed by atoms with Gasteiger partial charge in [-0.1, -0.05) is 23.7 Å². The molecule has 2 aromatic carbocycles. The number of esters is 1. The first-order valence-electron chi connectivity index (χ1n) is 12.4. The minimum atomic E-state index is -3.65. The Morgan fingerprint density at radius 3 is 2.53 bits per heavy atom. The van der Waals surface area contributed by atoms with Crippen LogP contribution in [0.2, 0.25) is 0 Å². The van der Waals surface area contributed by atoms with Crippen LogP contribution in [0.4, 0.5) is 5.69 Å². The van der Waals surface area contributed by atoms with Gasteiger partial charge in [0.25, 0.3) is 5.91 Å². The number of piperidine rings is 1. The van der Waals surface area contributed by atoms with Crippen LogP contribution in [-0.4, -0.2) is 49.5 Å². The van der Waals surface area contributed by atoms with Crippen LogP contribution in [0.1, 0.15) is 52.2 Å². The Balaban J connectivity index is 1.35. The molecule has 1 aliphatic rings. The summed E-state index contributed by atoms with van der Waals surface area (Å²) < 4.78 is 43.6. The molecule has 1 aromatic heterocycles. The molecule has 1 amide bonds. The van der Waals surface area contributed by atoms with Gasteiger partial charge in [-0.3, -0.25) is 4.79 Å². The number of rotatable bonds is 9. The molecule has 0 radical (unpaired) electrons. The number of nitrogens with zero attached hydrogens (tertiary/aromatic N) is 2. The van der Waals surface area contributed by atoms with Crippen molar-refractivity contribution in [3.8, 4) is 5.75 Å². The highest BCUT2D eigenvalue weighted by atomic mass is 32.2. The van der Waals surface area contributed by atoms with E-state index >= 15 is 0 Å². The number of anilines is 1. The van der Waals surface area contributed by atoms with E-state index in [2.05, 4.69) is 10.5 Å². The number of aromatic nitrogens is 1. The summed E-state index contributed by atoms with van der Waals surface area (Å²) in [5.41, 5.74) is 2.82. The molecule has 0 aliphatic carbocycles. The van der Waals surface area contributed by atoms with E-state index in [9.17, 15) is 18.0 Å². The van der Waals surface area contributed by atoms with Crippen LogP contribution in [0, 0.1) is 20.8 Å². The standard InChI is InChI=1S/C27H31N3O7S/c1-18-10-11-23(38(33,34)30-12-5-4-6-13-30)15-25(18)28-26(31)17-36-27(32)21-8-7-9-22(14-21)35-16-24-19(2)29-37-20(24)3/h7-11,14-15H,4-6,12-13,16-17H2,1-3H3,(H,28,31). The Kier molecular flexibility index (Phi) is 8.48. The van der Waals surface area contributed by atoms with E-state index in [-0.39, 0.29) is 17.1 Å². The molecule has 1 aliphatic heterocycles. The molecule has 1 fully saturated rings. The summed E-state index contributed by atoms with van der Waals surface area (Å²) in [5, 5.41) is 6.54. The monoisotopic (exact) mass is 541 g/mol. The van der Waals surface area contributed by atoms with Crippen LogP contribution < -0.4 is 10.1 Å². The van der Waals surface area contributed by atoms with Crippen molar-refractivity contribution in [2.24, 2.45) is 0 Å². The fourth-order valence-electron chi connectivity index (χ4n) is 4.13. The molecule has 0 saturated carbocycles. The molecule has 1 saturated heterocycles. The molecule has 1 N–H and O–H groups in total. The van der Waals surface area contributed by atoms with Crippen molar-refractivity contribution in [2.45, 2.75) is 51.5 Å². The molecule has 0 spiro atoms. The lowest BCUT2D eigenvalue weighted by Crippen LogP contribution is -2.35.